The number of benzene rings is 2. The summed E-state index contributed by atoms with van der Waals surface area (Å²) in [5.74, 6) is 0.00341. The summed E-state index contributed by atoms with van der Waals surface area (Å²) in [6, 6.07) is 13.0. The Kier molecular flexibility index (Phi) is 10.2. The van der Waals surface area contributed by atoms with Crippen molar-refractivity contribution in [2.75, 3.05) is 10.5 Å². The molecule has 2 aromatic rings. The smallest absolute Gasteiger partial charge is 0.282 e. The second-order valence-electron chi connectivity index (χ2n) is 8.68. The topological polar surface area (TPSA) is 139 Å². The lowest BCUT2D eigenvalue weighted by Crippen LogP contribution is -2.16. The predicted molar refractivity (Wildman–Crippen MR) is 151 cm³/mol. The number of rotatable bonds is 13. The van der Waals surface area contributed by atoms with E-state index in [0.717, 1.165) is 32.1 Å². The van der Waals surface area contributed by atoms with Crippen LogP contribution in [0.4, 0.5) is 5.69 Å². The van der Waals surface area contributed by atoms with Gasteiger partial charge in [0.1, 0.15) is 0 Å². The van der Waals surface area contributed by atoms with E-state index in [4.69, 9.17) is 0 Å². The lowest BCUT2D eigenvalue weighted by molar-refractivity contribution is 0.587. The molecular formula is C26H31N3O6S3. The Labute approximate surface area is 225 Å². The van der Waals surface area contributed by atoms with Gasteiger partial charge in [-0.15, -0.1) is 0 Å². The van der Waals surface area contributed by atoms with Crippen LogP contribution in [0.5, 0.6) is 0 Å². The first-order chi connectivity index (χ1) is 18.0. The number of allylic oxidation sites excluding steroid dienone is 4. The molecule has 0 fully saturated rings. The molecule has 0 heterocycles. The van der Waals surface area contributed by atoms with Crippen LogP contribution in [0.1, 0.15) is 45.4 Å². The van der Waals surface area contributed by atoms with Gasteiger partial charge in [-0.3, -0.25) is 4.72 Å². The molecular weight excluding hydrogens is 547 g/mol. The summed E-state index contributed by atoms with van der Waals surface area (Å²) in [5.41, 5.74) is 0.480. The Morgan fingerprint density at radius 1 is 0.605 bits per heavy atom. The number of anilines is 1. The average Bonchev–Trinajstić information content (AvgIpc) is 2.87. The molecule has 0 atom stereocenters. The molecule has 3 rings (SSSR count). The molecule has 0 spiro atoms. The largest absolute Gasteiger partial charge is 0.284 e. The number of nitrogens with zero attached hydrogens (tertiary/aromatic N) is 2. The van der Waals surface area contributed by atoms with Gasteiger partial charge in [-0.1, -0.05) is 57.2 Å². The fraction of sp³-hybridized carbons (Fsp3) is 0.308. The van der Waals surface area contributed by atoms with Gasteiger partial charge >= 0.3 is 0 Å². The second-order valence-corrected chi connectivity index (χ2v) is 13.7. The van der Waals surface area contributed by atoms with E-state index in [-0.39, 0.29) is 32.7 Å². The van der Waals surface area contributed by atoms with Gasteiger partial charge in [0.25, 0.3) is 20.0 Å². The average molecular weight is 578 g/mol. The van der Waals surface area contributed by atoms with Crippen molar-refractivity contribution in [3.63, 3.8) is 0 Å². The predicted octanol–water partition coefficient (Wildman–Crippen LogP) is 4.87. The summed E-state index contributed by atoms with van der Waals surface area (Å²) < 4.78 is 84.8. The van der Waals surface area contributed by atoms with Crippen LogP contribution in [0.15, 0.2) is 97.5 Å². The van der Waals surface area contributed by atoms with Crippen LogP contribution in [0.3, 0.4) is 0 Å². The molecule has 9 nitrogen and oxygen atoms in total. The van der Waals surface area contributed by atoms with Crippen LogP contribution in [0, 0.1) is 0 Å². The third-order valence-corrected chi connectivity index (χ3v) is 9.55. The van der Waals surface area contributed by atoms with Crippen molar-refractivity contribution >= 4 is 47.2 Å². The first-order valence-electron chi connectivity index (χ1n) is 12.2. The fourth-order valence-electron chi connectivity index (χ4n) is 3.55. The summed E-state index contributed by atoms with van der Waals surface area (Å²) in [4.78, 5) is -0.0683. The van der Waals surface area contributed by atoms with Crippen LogP contribution in [-0.4, -0.2) is 42.4 Å². The van der Waals surface area contributed by atoms with Gasteiger partial charge in [0.05, 0.1) is 27.0 Å². The van der Waals surface area contributed by atoms with Gasteiger partial charge in [0.2, 0.25) is 10.0 Å². The van der Waals surface area contributed by atoms with Crippen LogP contribution in [-0.2, 0) is 30.1 Å². The molecule has 12 heteroatoms. The molecule has 2 aromatic carbocycles. The summed E-state index contributed by atoms with van der Waals surface area (Å²) >= 11 is 0. The van der Waals surface area contributed by atoms with Crippen LogP contribution in [0.25, 0.3) is 0 Å². The molecule has 0 saturated carbocycles. The quantitative estimate of drug-likeness (QED) is 0.266. The maximum absolute atomic E-state index is 12.7. The Hall–Kier alpha value is -3.09. The van der Waals surface area contributed by atoms with E-state index in [2.05, 4.69) is 20.4 Å². The zero-order valence-corrected chi connectivity index (χ0v) is 23.5. The highest BCUT2D eigenvalue weighted by Gasteiger charge is 2.17. The minimum absolute atomic E-state index is 0.00341. The van der Waals surface area contributed by atoms with Crippen LogP contribution in [0.2, 0.25) is 0 Å². The monoisotopic (exact) mass is 577 g/mol. The SMILES string of the molecule is CCCCCCCCS(=O)(=O)Nc1ccc(S(=O)(=O)N=C2C=CC(=NS(=O)(=O)c3ccccc3)C=C2)cc1. The molecule has 0 aliphatic heterocycles. The maximum Gasteiger partial charge on any atom is 0.282 e. The molecule has 0 radical (unpaired) electrons. The fourth-order valence-corrected chi connectivity index (χ4v) is 6.72. The van der Waals surface area contributed by atoms with Gasteiger partial charge in [-0.2, -0.15) is 25.6 Å². The van der Waals surface area contributed by atoms with E-state index in [9.17, 15) is 25.3 Å². The highest BCUT2D eigenvalue weighted by molar-refractivity contribution is 7.92. The summed E-state index contributed by atoms with van der Waals surface area (Å²) in [6.07, 6.45) is 11.2. The second kappa shape index (κ2) is 13.1. The zero-order chi connectivity index (χ0) is 27.7. The molecule has 1 N–H and O–H groups in total. The number of hydrogen-bond acceptors (Lipinski definition) is 6. The van der Waals surface area contributed by atoms with Crippen molar-refractivity contribution in [2.24, 2.45) is 8.80 Å². The van der Waals surface area contributed by atoms with Gasteiger partial charge < -0.3 is 0 Å². The summed E-state index contributed by atoms with van der Waals surface area (Å²) in [5, 5.41) is 0. The van der Waals surface area contributed by atoms with Crippen molar-refractivity contribution in [3.8, 4) is 0 Å². The minimum atomic E-state index is -4.09. The van der Waals surface area contributed by atoms with Gasteiger partial charge in [-0.05, 0) is 67.1 Å². The number of hydrogen-bond donors (Lipinski definition) is 1. The Morgan fingerprint density at radius 3 is 1.61 bits per heavy atom. The third-order valence-electron chi connectivity index (χ3n) is 5.53. The van der Waals surface area contributed by atoms with E-state index < -0.39 is 30.1 Å². The Bertz CT molecular complexity index is 1520. The van der Waals surface area contributed by atoms with Gasteiger partial charge in [0.15, 0.2) is 0 Å². The van der Waals surface area contributed by atoms with Gasteiger partial charge in [0, 0.05) is 5.69 Å². The number of nitrogens with one attached hydrogen (secondary N) is 1. The summed E-state index contributed by atoms with van der Waals surface area (Å²) in [7, 11) is -11.5. The molecule has 1 aliphatic rings. The van der Waals surface area contributed by atoms with Crippen LogP contribution < -0.4 is 4.72 Å². The lowest BCUT2D eigenvalue weighted by atomic mass is 10.1. The van der Waals surface area contributed by atoms with Crippen molar-refractivity contribution in [1.82, 2.24) is 0 Å². The maximum atomic E-state index is 12.7. The molecule has 0 amide bonds. The molecule has 204 valence electrons. The molecule has 0 aromatic heterocycles. The first-order valence-corrected chi connectivity index (χ1v) is 16.8. The third kappa shape index (κ3) is 9.03. The van der Waals surface area contributed by atoms with Crippen LogP contribution >= 0.6 is 0 Å². The number of sulfonamides is 3. The Morgan fingerprint density at radius 2 is 1.08 bits per heavy atom. The van der Waals surface area contributed by atoms with E-state index in [0.29, 0.717) is 6.42 Å². The molecule has 1 aliphatic carbocycles. The van der Waals surface area contributed by atoms with Crippen molar-refractivity contribution in [3.05, 3.63) is 78.9 Å². The van der Waals surface area contributed by atoms with Crippen molar-refractivity contribution in [2.45, 2.75) is 55.2 Å². The van der Waals surface area contributed by atoms with E-state index in [1.807, 2.05) is 0 Å². The normalized spacial score (nSPS) is 13.9. The standard InChI is InChI=1S/C26H31N3O6S3/c1-2-3-4-5-6-10-21-36(30,31)27-22-17-19-26(20-18-22)38(34,35)29-24-15-13-23(14-16-24)28-37(32,33)25-11-8-7-9-12-25/h7-9,11-20,27H,2-6,10,21H2,1H3. The van der Waals surface area contributed by atoms with Gasteiger partial charge in [-0.25, -0.2) is 8.42 Å². The highest BCUT2D eigenvalue weighted by atomic mass is 32.2. The van der Waals surface area contributed by atoms with E-state index in [1.165, 1.54) is 60.7 Å². The molecule has 0 bridgehead atoms. The molecule has 0 unspecified atom stereocenters. The summed E-state index contributed by atoms with van der Waals surface area (Å²) in [6.45, 7) is 2.12. The molecule has 38 heavy (non-hydrogen) atoms. The number of unbranched alkanes of at least 4 members (excludes halogenated alkanes) is 5. The zero-order valence-electron chi connectivity index (χ0n) is 21.0. The first kappa shape index (κ1) is 29.5. The van der Waals surface area contributed by atoms with Crippen molar-refractivity contribution < 1.29 is 25.3 Å². The lowest BCUT2D eigenvalue weighted by Gasteiger charge is -2.09. The minimum Gasteiger partial charge on any atom is -0.284 e. The Balaban J connectivity index is 1.62. The van der Waals surface area contributed by atoms with E-state index in [1.54, 1.807) is 18.2 Å². The van der Waals surface area contributed by atoms with Crippen molar-refractivity contribution in [1.29, 1.82) is 0 Å². The van der Waals surface area contributed by atoms with E-state index >= 15 is 0 Å². The highest BCUT2D eigenvalue weighted by Crippen LogP contribution is 2.19. The molecule has 0 saturated heterocycles.